The quantitative estimate of drug-likeness (QED) is 0.324. The Labute approximate surface area is 181 Å². The minimum atomic E-state index is -0.426. The minimum absolute atomic E-state index is 0.412. The predicted octanol–water partition coefficient (Wildman–Crippen LogP) is 6.31. The molecule has 0 aliphatic carbocycles. The van der Waals surface area contributed by atoms with Crippen molar-refractivity contribution in [2.45, 2.75) is 16.7 Å². The van der Waals surface area contributed by atoms with Crippen LogP contribution in [0, 0.1) is 6.92 Å². The second-order valence-electron chi connectivity index (χ2n) is 6.28. The molecular weight excluding hydrogens is 448 g/mol. The fraction of sp³-hybridized carbons (Fsp3) is 0.0435. The number of halogens is 1. The molecule has 0 spiro atoms. The van der Waals surface area contributed by atoms with Gasteiger partial charge in [0.25, 0.3) is 0 Å². The third-order valence-corrected chi connectivity index (χ3v) is 5.91. The average molecular weight is 465 g/mol. The number of rotatable bonds is 5. The Bertz CT molecular complexity index is 1130. The van der Waals surface area contributed by atoms with Crippen molar-refractivity contribution in [1.29, 1.82) is 0 Å². The molecule has 144 valence electrons. The minimum Gasteiger partial charge on any atom is -0.402 e. The zero-order chi connectivity index (χ0) is 20.2. The Morgan fingerprint density at radius 2 is 1.55 bits per heavy atom. The van der Waals surface area contributed by atoms with Gasteiger partial charge in [-0.25, -0.2) is 4.79 Å². The van der Waals surface area contributed by atoms with Gasteiger partial charge in [-0.2, -0.15) is 9.78 Å². The van der Waals surface area contributed by atoms with E-state index >= 15 is 0 Å². The molecule has 0 fully saturated rings. The highest BCUT2D eigenvalue weighted by molar-refractivity contribution is 9.10. The highest BCUT2D eigenvalue weighted by Gasteiger charge is 2.22. The molecule has 0 atom stereocenters. The van der Waals surface area contributed by atoms with Crippen molar-refractivity contribution in [2.24, 2.45) is 0 Å². The molecule has 3 aromatic carbocycles. The van der Waals surface area contributed by atoms with Gasteiger partial charge in [0.15, 0.2) is 0 Å². The third-order valence-electron chi connectivity index (χ3n) is 4.20. The molecule has 0 aliphatic rings. The summed E-state index contributed by atoms with van der Waals surface area (Å²) in [7, 11) is 0. The summed E-state index contributed by atoms with van der Waals surface area (Å²) in [4.78, 5) is 14.7. The maximum absolute atomic E-state index is 12.8. The molecule has 0 amide bonds. The number of hydrogen-bond donors (Lipinski definition) is 0. The molecule has 0 saturated carbocycles. The Morgan fingerprint density at radius 3 is 2.21 bits per heavy atom. The number of hydrogen-bond acceptors (Lipinski definition) is 4. The van der Waals surface area contributed by atoms with Crippen LogP contribution in [0.5, 0.6) is 5.88 Å². The van der Waals surface area contributed by atoms with Gasteiger partial charge in [-0.3, -0.25) is 0 Å². The molecule has 4 aromatic rings. The average Bonchev–Trinajstić information content (AvgIpc) is 3.05. The lowest BCUT2D eigenvalue weighted by Crippen LogP contribution is -2.12. The van der Waals surface area contributed by atoms with Gasteiger partial charge < -0.3 is 4.74 Å². The summed E-state index contributed by atoms with van der Waals surface area (Å²) in [6, 6.07) is 26.7. The van der Waals surface area contributed by atoms with Gasteiger partial charge in [0.1, 0.15) is 0 Å². The summed E-state index contributed by atoms with van der Waals surface area (Å²) in [5.74, 6) is -0.0139. The van der Waals surface area contributed by atoms with E-state index in [1.54, 1.807) is 16.8 Å². The van der Waals surface area contributed by atoms with E-state index in [0.29, 0.717) is 11.4 Å². The molecule has 29 heavy (non-hydrogen) atoms. The summed E-state index contributed by atoms with van der Waals surface area (Å²) in [5, 5.41) is 4.65. The van der Waals surface area contributed by atoms with E-state index in [1.807, 2.05) is 79.7 Å². The van der Waals surface area contributed by atoms with Crippen molar-refractivity contribution in [2.75, 3.05) is 0 Å². The first-order valence-electron chi connectivity index (χ1n) is 8.97. The molecule has 1 aromatic heterocycles. The zero-order valence-electron chi connectivity index (χ0n) is 15.6. The van der Waals surface area contributed by atoms with Crippen LogP contribution in [0.15, 0.2) is 99.2 Å². The van der Waals surface area contributed by atoms with Crippen molar-refractivity contribution in [3.05, 3.63) is 101 Å². The number of carbonyl (C=O) groups is 1. The molecule has 4 nitrogen and oxygen atoms in total. The summed E-state index contributed by atoms with van der Waals surface area (Å²) >= 11 is 4.91. The van der Waals surface area contributed by atoms with Gasteiger partial charge in [0.2, 0.25) is 5.88 Å². The van der Waals surface area contributed by atoms with Crippen LogP contribution in [-0.4, -0.2) is 15.7 Å². The lowest BCUT2D eigenvalue weighted by molar-refractivity contribution is 0.0718. The van der Waals surface area contributed by atoms with Crippen LogP contribution in [-0.2, 0) is 0 Å². The fourth-order valence-corrected chi connectivity index (χ4v) is 3.98. The monoisotopic (exact) mass is 464 g/mol. The maximum Gasteiger partial charge on any atom is 0.344 e. The van der Waals surface area contributed by atoms with E-state index in [-0.39, 0.29) is 0 Å². The molecule has 0 N–H and O–H groups in total. The van der Waals surface area contributed by atoms with Gasteiger partial charge in [0.05, 0.1) is 21.8 Å². The zero-order valence-corrected chi connectivity index (χ0v) is 18.0. The van der Waals surface area contributed by atoms with E-state index in [4.69, 9.17) is 4.74 Å². The first kappa shape index (κ1) is 19.5. The van der Waals surface area contributed by atoms with Gasteiger partial charge in [-0.15, -0.1) is 0 Å². The van der Waals surface area contributed by atoms with Crippen molar-refractivity contribution < 1.29 is 9.53 Å². The van der Waals surface area contributed by atoms with Crippen molar-refractivity contribution in [3.8, 4) is 11.6 Å². The second kappa shape index (κ2) is 8.68. The van der Waals surface area contributed by atoms with Crippen LogP contribution in [0.4, 0.5) is 0 Å². The van der Waals surface area contributed by atoms with Gasteiger partial charge in [0, 0.05) is 9.37 Å². The molecule has 1 heterocycles. The summed E-state index contributed by atoms with van der Waals surface area (Å²) in [6.45, 7) is 1.92. The molecule has 0 radical (unpaired) electrons. The molecule has 0 bridgehead atoms. The lowest BCUT2D eigenvalue weighted by atomic mass is 10.2. The highest BCUT2D eigenvalue weighted by Crippen LogP contribution is 2.39. The van der Waals surface area contributed by atoms with Gasteiger partial charge >= 0.3 is 5.97 Å². The third kappa shape index (κ3) is 4.44. The number of nitrogens with zero attached hydrogens (tertiary/aromatic N) is 2. The van der Waals surface area contributed by atoms with Crippen LogP contribution in [0.3, 0.4) is 0 Å². The van der Waals surface area contributed by atoms with Gasteiger partial charge in [-0.05, 0) is 55.5 Å². The number of aryl methyl sites for hydroxylation is 1. The Balaban J connectivity index is 1.76. The molecule has 0 saturated heterocycles. The topological polar surface area (TPSA) is 44.1 Å². The Kier molecular flexibility index (Phi) is 5.83. The molecular formula is C23H17BrN2O2S. The van der Waals surface area contributed by atoms with Crippen LogP contribution in [0.1, 0.15) is 16.1 Å². The van der Waals surface area contributed by atoms with E-state index in [9.17, 15) is 4.79 Å². The SMILES string of the molecule is Cc1nn(-c2ccccc2)c(OC(=O)c2ccc(Br)cc2)c1Sc1ccccc1. The summed E-state index contributed by atoms with van der Waals surface area (Å²) in [5.41, 5.74) is 2.10. The number of carbonyl (C=O) groups excluding carboxylic acids is 1. The number of aromatic nitrogens is 2. The first-order valence-corrected chi connectivity index (χ1v) is 10.6. The van der Waals surface area contributed by atoms with Crippen molar-refractivity contribution in [1.82, 2.24) is 9.78 Å². The van der Waals surface area contributed by atoms with Crippen molar-refractivity contribution >= 4 is 33.7 Å². The Morgan fingerprint density at radius 1 is 0.931 bits per heavy atom. The molecule has 4 rings (SSSR count). The summed E-state index contributed by atoms with van der Waals surface area (Å²) < 4.78 is 8.46. The van der Waals surface area contributed by atoms with Crippen LogP contribution < -0.4 is 4.74 Å². The van der Waals surface area contributed by atoms with E-state index < -0.39 is 5.97 Å². The van der Waals surface area contributed by atoms with E-state index in [1.165, 1.54) is 11.8 Å². The summed E-state index contributed by atoms with van der Waals surface area (Å²) in [6.07, 6.45) is 0. The Hall–Kier alpha value is -2.83. The molecule has 0 unspecified atom stereocenters. The number of esters is 1. The second-order valence-corrected chi connectivity index (χ2v) is 8.28. The fourth-order valence-electron chi connectivity index (χ4n) is 2.78. The lowest BCUT2D eigenvalue weighted by Gasteiger charge is -2.10. The normalized spacial score (nSPS) is 10.7. The van der Waals surface area contributed by atoms with Crippen LogP contribution in [0.25, 0.3) is 5.69 Å². The standard InChI is InChI=1S/C23H17BrN2O2S/c1-16-21(29-20-10-6-3-7-11-20)22(26(25-16)19-8-4-2-5-9-19)28-23(27)17-12-14-18(24)15-13-17/h2-15H,1H3. The highest BCUT2D eigenvalue weighted by atomic mass is 79.9. The first-order chi connectivity index (χ1) is 14.1. The largest absolute Gasteiger partial charge is 0.402 e. The van der Waals surface area contributed by atoms with Crippen LogP contribution in [0.2, 0.25) is 0 Å². The van der Waals surface area contributed by atoms with Gasteiger partial charge in [-0.1, -0.05) is 64.1 Å². The maximum atomic E-state index is 12.8. The predicted molar refractivity (Wildman–Crippen MR) is 118 cm³/mol. The van der Waals surface area contributed by atoms with E-state index in [0.717, 1.165) is 25.6 Å². The molecule has 0 aliphatic heterocycles. The van der Waals surface area contributed by atoms with E-state index in [2.05, 4.69) is 21.0 Å². The van der Waals surface area contributed by atoms with Crippen molar-refractivity contribution in [3.63, 3.8) is 0 Å². The number of ether oxygens (including phenoxy) is 1. The molecule has 6 heteroatoms. The number of benzene rings is 3. The smallest absolute Gasteiger partial charge is 0.344 e. The van der Waals surface area contributed by atoms with Crippen LogP contribution >= 0.6 is 27.7 Å². The number of para-hydroxylation sites is 1.